The fraction of sp³-hybridized carbons (Fsp3) is 0.278. The number of carbonyl (C=O) groups excluding carboxylic acids is 1. The Labute approximate surface area is 165 Å². The number of nitrogens with zero attached hydrogens (tertiary/aromatic N) is 3. The summed E-state index contributed by atoms with van der Waals surface area (Å²) in [5.74, 6) is 0.779. The molecule has 0 saturated heterocycles. The molecule has 1 unspecified atom stereocenters. The molecule has 28 heavy (non-hydrogen) atoms. The zero-order chi connectivity index (χ0) is 19.9. The topological polar surface area (TPSA) is 116 Å². The minimum absolute atomic E-state index is 0.0193. The minimum Gasteiger partial charge on any atom is -0.414 e. The highest BCUT2D eigenvalue weighted by atomic mass is 32.1. The molecule has 0 radical (unpaired) electrons. The van der Waals surface area contributed by atoms with Crippen LogP contribution in [0.4, 0.5) is 11.4 Å². The Morgan fingerprint density at radius 3 is 2.71 bits per heavy atom. The number of quaternary nitrogens is 1. The number of nitrogens with one attached hydrogen (secondary N) is 2. The van der Waals surface area contributed by atoms with E-state index in [4.69, 9.17) is 4.42 Å². The summed E-state index contributed by atoms with van der Waals surface area (Å²) in [5.41, 5.74) is 0.499. The molecule has 0 spiro atoms. The molecule has 1 aromatic carbocycles. The lowest BCUT2D eigenvalue weighted by Crippen LogP contribution is -3.11. The minimum atomic E-state index is -0.479. The maximum Gasteiger partial charge on any atom is 0.279 e. The van der Waals surface area contributed by atoms with Gasteiger partial charge in [-0.25, -0.2) is 0 Å². The summed E-state index contributed by atoms with van der Waals surface area (Å²) in [5, 5.41) is 23.6. The van der Waals surface area contributed by atoms with Crippen molar-refractivity contribution >= 4 is 28.6 Å². The Morgan fingerprint density at radius 1 is 1.29 bits per heavy atom. The molecule has 0 fully saturated rings. The van der Waals surface area contributed by atoms with Crippen LogP contribution in [0.1, 0.15) is 19.2 Å². The quantitative estimate of drug-likeness (QED) is 0.418. The standard InChI is InChI=1S/C18H19N5O4S/c1-2-9-22(12-17-20-21-18(27-17)15-4-3-10-28-15)11-16(24)19-13-5-7-14(8-6-13)23(25)26/h3-8,10H,2,9,11-12H2,1H3,(H,19,24)/p+1. The van der Waals surface area contributed by atoms with E-state index in [2.05, 4.69) is 15.5 Å². The number of aromatic nitrogens is 2. The van der Waals surface area contributed by atoms with Crippen molar-refractivity contribution in [2.45, 2.75) is 19.9 Å². The van der Waals surface area contributed by atoms with Crippen molar-refractivity contribution in [3.8, 4) is 10.8 Å². The normalized spacial score (nSPS) is 11.9. The Balaban J connectivity index is 1.59. The van der Waals surface area contributed by atoms with Gasteiger partial charge in [-0.2, -0.15) is 0 Å². The number of amides is 1. The van der Waals surface area contributed by atoms with Crippen LogP contribution in [0.15, 0.2) is 46.2 Å². The molecule has 3 rings (SSSR count). The summed E-state index contributed by atoms with van der Waals surface area (Å²) in [7, 11) is 0. The molecule has 0 aliphatic heterocycles. The molecule has 0 aliphatic carbocycles. The van der Waals surface area contributed by atoms with Crippen LogP contribution in [0.5, 0.6) is 0 Å². The summed E-state index contributed by atoms with van der Waals surface area (Å²) in [6.45, 7) is 3.48. The second kappa shape index (κ2) is 9.20. The van der Waals surface area contributed by atoms with E-state index in [0.29, 0.717) is 24.0 Å². The number of thiophene rings is 1. The van der Waals surface area contributed by atoms with E-state index in [0.717, 1.165) is 22.7 Å². The van der Waals surface area contributed by atoms with Gasteiger partial charge in [0.25, 0.3) is 23.4 Å². The fourth-order valence-corrected chi connectivity index (χ4v) is 3.37. The Hall–Kier alpha value is -3.11. The maximum absolute atomic E-state index is 12.4. The molecular formula is C18H20N5O4S+. The van der Waals surface area contributed by atoms with Crippen molar-refractivity contribution in [2.75, 3.05) is 18.4 Å². The summed E-state index contributed by atoms with van der Waals surface area (Å²) in [4.78, 5) is 24.5. The van der Waals surface area contributed by atoms with Gasteiger partial charge in [0.2, 0.25) is 0 Å². The molecule has 2 N–H and O–H groups in total. The number of non-ortho nitro benzene ring substituents is 1. The molecule has 0 bridgehead atoms. The van der Waals surface area contributed by atoms with E-state index in [1.165, 1.54) is 35.6 Å². The summed E-state index contributed by atoms with van der Waals surface area (Å²) >= 11 is 1.52. The van der Waals surface area contributed by atoms with Gasteiger partial charge < -0.3 is 14.6 Å². The van der Waals surface area contributed by atoms with Crippen LogP contribution in [-0.2, 0) is 11.3 Å². The third-order valence-corrected chi connectivity index (χ3v) is 4.83. The predicted octanol–water partition coefficient (Wildman–Crippen LogP) is 2.14. The first kappa shape index (κ1) is 19.6. The molecule has 2 aromatic heterocycles. The van der Waals surface area contributed by atoms with Crippen molar-refractivity contribution in [3.63, 3.8) is 0 Å². The van der Waals surface area contributed by atoms with Crippen molar-refractivity contribution in [1.29, 1.82) is 0 Å². The van der Waals surface area contributed by atoms with Crippen molar-refractivity contribution in [2.24, 2.45) is 0 Å². The molecule has 0 saturated carbocycles. The molecule has 146 valence electrons. The van der Waals surface area contributed by atoms with Crippen molar-refractivity contribution < 1.29 is 19.0 Å². The highest BCUT2D eigenvalue weighted by Gasteiger charge is 2.19. The van der Waals surface area contributed by atoms with E-state index in [9.17, 15) is 14.9 Å². The summed E-state index contributed by atoms with van der Waals surface area (Å²) in [6, 6.07) is 9.58. The van der Waals surface area contributed by atoms with Crippen molar-refractivity contribution in [1.82, 2.24) is 10.2 Å². The SMILES string of the molecule is CCC[NH+](CC(=O)Nc1ccc([N+](=O)[O-])cc1)Cc1nnc(-c2cccs2)o1. The molecule has 3 aromatic rings. The molecular weight excluding hydrogens is 382 g/mol. The number of carbonyl (C=O) groups is 1. The van der Waals surface area contributed by atoms with Crippen LogP contribution in [0.25, 0.3) is 10.8 Å². The second-order valence-corrected chi connectivity index (χ2v) is 7.13. The third-order valence-electron chi connectivity index (χ3n) is 3.98. The van der Waals surface area contributed by atoms with E-state index in [-0.39, 0.29) is 18.1 Å². The van der Waals surface area contributed by atoms with E-state index < -0.39 is 4.92 Å². The summed E-state index contributed by atoms with van der Waals surface area (Å²) in [6.07, 6.45) is 0.895. The third kappa shape index (κ3) is 5.21. The lowest BCUT2D eigenvalue weighted by Gasteiger charge is -2.16. The molecule has 1 amide bonds. The highest BCUT2D eigenvalue weighted by Crippen LogP contribution is 2.22. The lowest BCUT2D eigenvalue weighted by molar-refractivity contribution is -0.907. The van der Waals surface area contributed by atoms with Gasteiger partial charge in [0, 0.05) is 17.8 Å². The monoisotopic (exact) mass is 402 g/mol. The Bertz CT molecular complexity index is 924. The van der Waals surface area contributed by atoms with E-state index in [1.54, 1.807) is 0 Å². The van der Waals surface area contributed by atoms with Crippen LogP contribution in [0.3, 0.4) is 0 Å². The highest BCUT2D eigenvalue weighted by molar-refractivity contribution is 7.13. The van der Waals surface area contributed by atoms with Crippen LogP contribution >= 0.6 is 11.3 Å². The number of nitro groups is 1. The number of nitro benzene ring substituents is 1. The van der Waals surface area contributed by atoms with Gasteiger partial charge >= 0.3 is 0 Å². The number of anilines is 1. The largest absolute Gasteiger partial charge is 0.414 e. The zero-order valence-corrected chi connectivity index (χ0v) is 16.1. The smallest absolute Gasteiger partial charge is 0.279 e. The van der Waals surface area contributed by atoms with Gasteiger partial charge in [0.15, 0.2) is 13.1 Å². The van der Waals surface area contributed by atoms with Gasteiger partial charge in [-0.05, 0) is 30.0 Å². The number of benzene rings is 1. The predicted molar refractivity (Wildman–Crippen MR) is 104 cm³/mol. The van der Waals surface area contributed by atoms with Gasteiger partial charge in [-0.1, -0.05) is 13.0 Å². The van der Waals surface area contributed by atoms with Crippen LogP contribution in [0.2, 0.25) is 0 Å². The molecule has 9 nitrogen and oxygen atoms in total. The zero-order valence-electron chi connectivity index (χ0n) is 15.3. The number of hydrogen-bond acceptors (Lipinski definition) is 7. The first-order chi connectivity index (χ1) is 13.5. The molecule has 1 atom stereocenters. The summed E-state index contributed by atoms with van der Waals surface area (Å²) < 4.78 is 5.71. The van der Waals surface area contributed by atoms with Gasteiger partial charge in [-0.15, -0.1) is 21.5 Å². The molecule has 2 heterocycles. The van der Waals surface area contributed by atoms with Gasteiger partial charge in [0.05, 0.1) is 16.3 Å². The number of hydrogen-bond donors (Lipinski definition) is 2. The van der Waals surface area contributed by atoms with Crippen LogP contribution < -0.4 is 10.2 Å². The maximum atomic E-state index is 12.4. The Morgan fingerprint density at radius 2 is 2.07 bits per heavy atom. The first-order valence-corrected chi connectivity index (χ1v) is 9.67. The van der Waals surface area contributed by atoms with Gasteiger partial charge in [-0.3, -0.25) is 14.9 Å². The average molecular weight is 402 g/mol. The molecule has 0 aliphatic rings. The molecule has 10 heteroatoms. The lowest BCUT2D eigenvalue weighted by atomic mass is 10.3. The fourth-order valence-electron chi connectivity index (χ4n) is 2.73. The van der Waals surface area contributed by atoms with Gasteiger partial charge in [0.1, 0.15) is 0 Å². The van der Waals surface area contributed by atoms with Crippen LogP contribution in [0, 0.1) is 10.1 Å². The average Bonchev–Trinajstić information content (AvgIpc) is 3.33. The first-order valence-electron chi connectivity index (χ1n) is 8.79. The van der Waals surface area contributed by atoms with E-state index >= 15 is 0 Å². The van der Waals surface area contributed by atoms with Crippen molar-refractivity contribution in [3.05, 3.63) is 57.8 Å². The Kier molecular flexibility index (Phi) is 6.45. The second-order valence-electron chi connectivity index (χ2n) is 6.18. The number of rotatable bonds is 9. The van der Waals surface area contributed by atoms with Crippen LogP contribution in [-0.4, -0.2) is 34.1 Å². The van der Waals surface area contributed by atoms with E-state index in [1.807, 2.05) is 24.4 Å².